The van der Waals surface area contributed by atoms with Crippen LogP contribution in [0.3, 0.4) is 0 Å². The Labute approximate surface area is 128 Å². The summed E-state index contributed by atoms with van der Waals surface area (Å²) in [6.45, 7) is 5.39. The number of aryl methyl sites for hydroxylation is 1. The highest BCUT2D eigenvalue weighted by atomic mass is 32.2. The Morgan fingerprint density at radius 2 is 1.90 bits per heavy atom. The number of hydrogen-bond donors (Lipinski definition) is 2. The van der Waals surface area contributed by atoms with Gasteiger partial charge in [-0.25, -0.2) is 8.42 Å². The normalized spacial score (nSPS) is 15.1. The first-order chi connectivity index (χ1) is 9.78. The van der Waals surface area contributed by atoms with E-state index in [9.17, 15) is 13.5 Å². The molecule has 0 heterocycles. The van der Waals surface area contributed by atoms with E-state index >= 15 is 0 Å². The van der Waals surface area contributed by atoms with Gasteiger partial charge in [-0.15, -0.1) is 0 Å². The number of benzene rings is 1. The highest BCUT2D eigenvalue weighted by Crippen LogP contribution is 2.18. The van der Waals surface area contributed by atoms with Crippen molar-refractivity contribution in [2.45, 2.75) is 68.7 Å². The zero-order chi connectivity index (χ0) is 16.0. The van der Waals surface area contributed by atoms with Gasteiger partial charge >= 0.3 is 0 Å². The standard InChI is InChI=1S/C16H27NO3S/c1-4-6-15(17)16(18)10-9-13-7-5-8-14(11-13)21(19,20)12(2)3/h5,7-8,11-12,15-16,18H,4,6,9-10,17H2,1-3H3. The van der Waals surface area contributed by atoms with Gasteiger partial charge in [-0.1, -0.05) is 25.5 Å². The van der Waals surface area contributed by atoms with Crippen molar-refractivity contribution in [3.05, 3.63) is 29.8 Å². The van der Waals surface area contributed by atoms with Crippen LogP contribution in [0.1, 0.15) is 45.6 Å². The molecule has 0 amide bonds. The van der Waals surface area contributed by atoms with Crippen LogP contribution in [-0.2, 0) is 16.3 Å². The Morgan fingerprint density at radius 1 is 1.24 bits per heavy atom. The second kappa shape index (κ2) is 7.92. The van der Waals surface area contributed by atoms with Crippen LogP contribution in [0.2, 0.25) is 0 Å². The summed E-state index contributed by atoms with van der Waals surface area (Å²) < 4.78 is 24.3. The maximum Gasteiger partial charge on any atom is 0.180 e. The van der Waals surface area contributed by atoms with Crippen LogP contribution in [0, 0.1) is 0 Å². The largest absolute Gasteiger partial charge is 0.392 e. The Bertz CT molecular complexity index is 540. The van der Waals surface area contributed by atoms with Gasteiger partial charge < -0.3 is 10.8 Å². The summed E-state index contributed by atoms with van der Waals surface area (Å²) in [4.78, 5) is 0.349. The maximum absolute atomic E-state index is 12.1. The Kier molecular flexibility index (Phi) is 6.84. The van der Waals surface area contributed by atoms with E-state index in [0.29, 0.717) is 17.7 Å². The Hall–Kier alpha value is -0.910. The fourth-order valence-corrected chi connectivity index (χ4v) is 3.33. The number of aliphatic hydroxyl groups excluding tert-OH is 1. The molecule has 0 bridgehead atoms. The van der Waals surface area contributed by atoms with E-state index in [4.69, 9.17) is 5.73 Å². The van der Waals surface area contributed by atoms with Crippen LogP contribution >= 0.6 is 0 Å². The molecule has 4 nitrogen and oxygen atoms in total. The van der Waals surface area contributed by atoms with Crippen molar-refractivity contribution in [3.63, 3.8) is 0 Å². The summed E-state index contributed by atoms with van der Waals surface area (Å²) in [7, 11) is -3.25. The summed E-state index contributed by atoms with van der Waals surface area (Å²) >= 11 is 0. The summed E-state index contributed by atoms with van der Waals surface area (Å²) in [6, 6.07) is 6.75. The third-order valence-corrected chi connectivity index (χ3v) is 5.84. The van der Waals surface area contributed by atoms with Gasteiger partial charge in [0, 0.05) is 6.04 Å². The minimum Gasteiger partial charge on any atom is -0.392 e. The predicted octanol–water partition coefficient (Wildman–Crippen LogP) is 2.29. The molecule has 0 fully saturated rings. The number of rotatable bonds is 8. The molecule has 2 atom stereocenters. The molecule has 1 aromatic rings. The molecule has 1 aromatic carbocycles. The molecule has 0 radical (unpaired) electrons. The number of sulfone groups is 1. The lowest BCUT2D eigenvalue weighted by Crippen LogP contribution is -2.34. The van der Waals surface area contributed by atoms with Gasteiger partial charge in [0.05, 0.1) is 16.2 Å². The van der Waals surface area contributed by atoms with Gasteiger partial charge in [-0.05, 0) is 50.8 Å². The topological polar surface area (TPSA) is 80.4 Å². The molecule has 1 rings (SSSR count). The van der Waals surface area contributed by atoms with Crippen LogP contribution < -0.4 is 5.73 Å². The van der Waals surface area contributed by atoms with Crippen LogP contribution in [0.15, 0.2) is 29.2 Å². The minimum absolute atomic E-state index is 0.211. The van der Waals surface area contributed by atoms with E-state index in [2.05, 4.69) is 0 Å². The van der Waals surface area contributed by atoms with E-state index in [1.54, 1.807) is 32.0 Å². The van der Waals surface area contributed by atoms with Crippen molar-refractivity contribution in [2.24, 2.45) is 5.73 Å². The smallest absolute Gasteiger partial charge is 0.180 e. The van der Waals surface area contributed by atoms with Crippen molar-refractivity contribution >= 4 is 9.84 Å². The third kappa shape index (κ3) is 5.09. The van der Waals surface area contributed by atoms with Crippen molar-refractivity contribution in [3.8, 4) is 0 Å². The first-order valence-corrected chi connectivity index (χ1v) is 9.10. The molecule has 0 saturated heterocycles. The lowest BCUT2D eigenvalue weighted by Gasteiger charge is -2.18. The van der Waals surface area contributed by atoms with Crippen LogP contribution in [0.4, 0.5) is 0 Å². The van der Waals surface area contributed by atoms with Crippen molar-refractivity contribution in [2.75, 3.05) is 0 Å². The molecule has 3 N–H and O–H groups in total. The SMILES string of the molecule is CCCC(N)C(O)CCc1cccc(S(=O)(=O)C(C)C)c1. The molecular formula is C16H27NO3S. The first-order valence-electron chi connectivity index (χ1n) is 7.55. The maximum atomic E-state index is 12.1. The number of nitrogens with two attached hydrogens (primary N) is 1. The van der Waals surface area contributed by atoms with E-state index in [0.717, 1.165) is 18.4 Å². The lowest BCUT2D eigenvalue weighted by atomic mass is 10.00. The van der Waals surface area contributed by atoms with E-state index < -0.39 is 21.2 Å². The molecule has 0 saturated carbocycles. The van der Waals surface area contributed by atoms with Crippen LogP contribution in [-0.4, -0.2) is 30.9 Å². The lowest BCUT2D eigenvalue weighted by molar-refractivity contribution is 0.131. The third-order valence-electron chi connectivity index (χ3n) is 3.69. The monoisotopic (exact) mass is 313 g/mol. The van der Waals surface area contributed by atoms with Gasteiger partial charge in [0.1, 0.15) is 0 Å². The minimum atomic E-state index is -3.25. The molecule has 120 valence electrons. The van der Waals surface area contributed by atoms with Crippen molar-refractivity contribution < 1.29 is 13.5 Å². The van der Waals surface area contributed by atoms with Gasteiger partial charge in [0.15, 0.2) is 9.84 Å². The average molecular weight is 313 g/mol. The fourth-order valence-electron chi connectivity index (χ4n) is 2.20. The number of hydrogen-bond acceptors (Lipinski definition) is 4. The van der Waals surface area contributed by atoms with Gasteiger partial charge in [0.2, 0.25) is 0 Å². The molecule has 0 spiro atoms. The molecule has 0 aliphatic carbocycles. The van der Waals surface area contributed by atoms with E-state index in [-0.39, 0.29) is 6.04 Å². The fraction of sp³-hybridized carbons (Fsp3) is 0.625. The van der Waals surface area contributed by atoms with Gasteiger partial charge in [-0.2, -0.15) is 0 Å². The summed E-state index contributed by atoms with van der Waals surface area (Å²) in [5, 5.41) is 9.55. The molecule has 21 heavy (non-hydrogen) atoms. The van der Waals surface area contributed by atoms with Crippen molar-refractivity contribution in [1.82, 2.24) is 0 Å². The number of aliphatic hydroxyl groups is 1. The summed E-state index contributed by atoms with van der Waals surface area (Å²) in [6.07, 6.45) is 2.37. The van der Waals surface area contributed by atoms with Gasteiger partial charge in [0.25, 0.3) is 0 Å². The Morgan fingerprint density at radius 3 is 2.48 bits per heavy atom. The second-order valence-corrected chi connectivity index (χ2v) is 8.30. The van der Waals surface area contributed by atoms with Crippen molar-refractivity contribution in [1.29, 1.82) is 0 Å². The first kappa shape index (κ1) is 18.1. The van der Waals surface area contributed by atoms with Crippen LogP contribution in [0.5, 0.6) is 0 Å². The second-order valence-electron chi connectivity index (χ2n) is 5.80. The predicted molar refractivity (Wildman–Crippen MR) is 86.0 cm³/mol. The molecule has 0 aliphatic rings. The van der Waals surface area contributed by atoms with Crippen LogP contribution in [0.25, 0.3) is 0 Å². The zero-order valence-electron chi connectivity index (χ0n) is 13.1. The molecule has 5 heteroatoms. The van der Waals surface area contributed by atoms with Gasteiger partial charge in [-0.3, -0.25) is 0 Å². The highest BCUT2D eigenvalue weighted by Gasteiger charge is 2.19. The molecular weight excluding hydrogens is 286 g/mol. The summed E-state index contributed by atoms with van der Waals surface area (Å²) in [5.74, 6) is 0. The molecule has 0 aromatic heterocycles. The molecule has 0 aliphatic heterocycles. The Balaban J connectivity index is 2.74. The summed E-state index contributed by atoms with van der Waals surface area (Å²) in [5.41, 5.74) is 6.80. The average Bonchev–Trinajstić information content (AvgIpc) is 2.45. The zero-order valence-corrected chi connectivity index (χ0v) is 13.9. The quantitative estimate of drug-likeness (QED) is 0.771. The molecule has 2 unspecified atom stereocenters. The van der Waals surface area contributed by atoms with E-state index in [1.807, 2.05) is 13.0 Å². The highest BCUT2D eigenvalue weighted by molar-refractivity contribution is 7.92. The van der Waals surface area contributed by atoms with E-state index in [1.165, 1.54) is 0 Å².